The van der Waals surface area contributed by atoms with Crippen LogP contribution in [0.3, 0.4) is 0 Å². The third-order valence-electron chi connectivity index (χ3n) is 4.24. The van der Waals surface area contributed by atoms with Gasteiger partial charge in [-0.05, 0) is 64.0 Å². The molecule has 1 saturated heterocycles. The molecule has 1 atom stereocenters. The molecule has 0 aromatic rings. The van der Waals surface area contributed by atoms with E-state index in [1.807, 2.05) is 0 Å². The molecule has 18 heavy (non-hydrogen) atoms. The Morgan fingerprint density at radius 1 is 1.22 bits per heavy atom. The number of nitrogens with one attached hydrogen (secondary N) is 2. The summed E-state index contributed by atoms with van der Waals surface area (Å²) in [5.41, 5.74) is 0. The normalized spacial score (nSPS) is 33.1. The van der Waals surface area contributed by atoms with E-state index in [0.717, 1.165) is 45.2 Å². The van der Waals surface area contributed by atoms with Crippen molar-refractivity contribution in [3.05, 3.63) is 0 Å². The number of piperidine rings is 1. The van der Waals surface area contributed by atoms with Gasteiger partial charge in [-0.25, -0.2) is 0 Å². The summed E-state index contributed by atoms with van der Waals surface area (Å²) in [6.07, 6.45) is 7.54. The zero-order chi connectivity index (χ0) is 12.8. The van der Waals surface area contributed by atoms with Gasteiger partial charge in [0.25, 0.3) is 0 Å². The number of hydrogen-bond donors (Lipinski definition) is 3. The van der Waals surface area contributed by atoms with Crippen molar-refractivity contribution < 1.29 is 9.90 Å². The van der Waals surface area contributed by atoms with Crippen LogP contribution in [0.4, 0.5) is 0 Å². The lowest BCUT2D eigenvalue weighted by Gasteiger charge is -2.27. The second kappa shape index (κ2) is 7.10. The topological polar surface area (TPSA) is 61.4 Å². The van der Waals surface area contributed by atoms with Gasteiger partial charge in [-0.3, -0.25) is 4.79 Å². The standard InChI is InChI=1S/C14H26N2O2/c17-13-6-4-12(5-7-13)16-14(18)8-3-11-2-1-9-15-10-11/h11-13,15,17H,1-10H2,(H,16,18). The Balaban J connectivity index is 1.59. The molecule has 1 aliphatic carbocycles. The van der Waals surface area contributed by atoms with Crippen LogP contribution in [-0.4, -0.2) is 36.2 Å². The van der Waals surface area contributed by atoms with Crippen molar-refractivity contribution in [3.8, 4) is 0 Å². The fourth-order valence-electron chi connectivity index (χ4n) is 3.03. The highest BCUT2D eigenvalue weighted by Gasteiger charge is 2.21. The molecule has 0 aromatic carbocycles. The Bertz CT molecular complexity index is 257. The number of amides is 1. The van der Waals surface area contributed by atoms with Gasteiger partial charge in [-0.15, -0.1) is 0 Å². The smallest absolute Gasteiger partial charge is 0.220 e. The van der Waals surface area contributed by atoms with E-state index < -0.39 is 0 Å². The van der Waals surface area contributed by atoms with Crippen LogP contribution in [0.2, 0.25) is 0 Å². The maximum Gasteiger partial charge on any atom is 0.220 e. The van der Waals surface area contributed by atoms with E-state index in [4.69, 9.17) is 0 Å². The van der Waals surface area contributed by atoms with Gasteiger partial charge < -0.3 is 15.7 Å². The van der Waals surface area contributed by atoms with Crippen LogP contribution < -0.4 is 10.6 Å². The highest BCUT2D eigenvalue weighted by atomic mass is 16.3. The zero-order valence-electron chi connectivity index (χ0n) is 11.2. The lowest BCUT2D eigenvalue weighted by Crippen LogP contribution is -2.39. The molecule has 3 N–H and O–H groups in total. The van der Waals surface area contributed by atoms with Crippen LogP contribution >= 0.6 is 0 Å². The lowest BCUT2D eigenvalue weighted by atomic mass is 9.92. The van der Waals surface area contributed by atoms with Crippen LogP contribution in [0.25, 0.3) is 0 Å². The maximum absolute atomic E-state index is 11.8. The van der Waals surface area contributed by atoms with Crippen molar-refractivity contribution in [3.63, 3.8) is 0 Å². The van der Waals surface area contributed by atoms with Gasteiger partial charge in [0.05, 0.1) is 6.10 Å². The molecular weight excluding hydrogens is 228 g/mol. The number of carbonyl (C=O) groups excluding carboxylic acids is 1. The predicted octanol–water partition coefficient (Wildman–Crippen LogP) is 1.19. The van der Waals surface area contributed by atoms with Crippen molar-refractivity contribution in [2.24, 2.45) is 5.92 Å². The minimum absolute atomic E-state index is 0.147. The molecule has 4 heteroatoms. The maximum atomic E-state index is 11.8. The fraction of sp³-hybridized carbons (Fsp3) is 0.929. The summed E-state index contributed by atoms with van der Waals surface area (Å²) in [4.78, 5) is 11.8. The third-order valence-corrected chi connectivity index (χ3v) is 4.24. The average molecular weight is 254 g/mol. The minimum Gasteiger partial charge on any atom is -0.393 e. The number of aliphatic hydroxyl groups is 1. The number of hydrogen-bond acceptors (Lipinski definition) is 3. The second-order valence-corrected chi connectivity index (χ2v) is 5.82. The second-order valence-electron chi connectivity index (χ2n) is 5.82. The zero-order valence-corrected chi connectivity index (χ0v) is 11.2. The lowest BCUT2D eigenvalue weighted by molar-refractivity contribution is -0.122. The van der Waals surface area contributed by atoms with E-state index in [0.29, 0.717) is 18.4 Å². The van der Waals surface area contributed by atoms with E-state index in [2.05, 4.69) is 10.6 Å². The van der Waals surface area contributed by atoms with E-state index in [-0.39, 0.29) is 12.0 Å². The van der Waals surface area contributed by atoms with Gasteiger partial charge in [0.15, 0.2) is 0 Å². The summed E-state index contributed by atoms with van der Waals surface area (Å²) in [5, 5.41) is 15.9. The number of rotatable bonds is 4. The molecule has 1 saturated carbocycles. The first kappa shape index (κ1) is 13.8. The van der Waals surface area contributed by atoms with Gasteiger partial charge in [0.2, 0.25) is 5.91 Å². The van der Waals surface area contributed by atoms with E-state index in [1.54, 1.807) is 0 Å². The van der Waals surface area contributed by atoms with Gasteiger partial charge in [0.1, 0.15) is 0 Å². The van der Waals surface area contributed by atoms with Crippen molar-refractivity contribution in [1.82, 2.24) is 10.6 Å². The largest absolute Gasteiger partial charge is 0.393 e. The summed E-state index contributed by atoms with van der Waals surface area (Å²) in [7, 11) is 0. The van der Waals surface area contributed by atoms with Crippen LogP contribution in [-0.2, 0) is 4.79 Å². The Hall–Kier alpha value is -0.610. The third kappa shape index (κ3) is 4.58. The molecule has 1 aliphatic heterocycles. The van der Waals surface area contributed by atoms with Crippen molar-refractivity contribution in [2.45, 2.75) is 63.5 Å². The van der Waals surface area contributed by atoms with Gasteiger partial charge in [-0.1, -0.05) is 0 Å². The van der Waals surface area contributed by atoms with Crippen molar-refractivity contribution in [1.29, 1.82) is 0 Å². The van der Waals surface area contributed by atoms with E-state index >= 15 is 0 Å². The summed E-state index contributed by atoms with van der Waals surface area (Å²) < 4.78 is 0. The SMILES string of the molecule is O=C(CCC1CCCNC1)NC1CCC(O)CC1. The molecule has 0 bridgehead atoms. The Morgan fingerprint density at radius 2 is 2.00 bits per heavy atom. The van der Waals surface area contributed by atoms with E-state index in [1.165, 1.54) is 12.8 Å². The van der Waals surface area contributed by atoms with E-state index in [9.17, 15) is 9.90 Å². The average Bonchev–Trinajstić information content (AvgIpc) is 2.40. The molecule has 104 valence electrons. The summed E-state index contributed by atoms with van der Waals surface area (Å²) >= 11 is 0. The van der Waals surface area contributed by atoms with Crippen LogP contribution in [0, 0.1) is 5.92 Å². The van der Waals surface area contributed by atoms with Gasteiger partial charge >= 0.3 is 0 Å². The number of carbonyl (C=O) groups is 1. The molecule has 0 spiro atoms. The van der Waals surface area contributed by atoms with Gasteiger partial charge in [0, 0.05) is 12.5 Å². The van der Waals surface area contributed by atoms with Crippen LogP contribution in [0.5, 0.6) is 0 Å². The summed E-state index contributed by atoms with van der Waals surface area (Å²) in [6, 6.07) is 0.297. The van der Waals surface area contributed by atoms with Crippen molar-refractivity contribution in [2.75, 3.05) is 13.1 Å². The summed E-state index contributed by atoms with van der Waals surface area (Å²) in [6.45, 7) is 2.20. The molecule has 4 nitrogen and oxygen atoms in total. The first-order valence-electron chi connectivity index (χ1n) is 7.42. The first-order valence-corrected chi connectivity index (χ1v) is 7.42. The fourth-order valence-corrected chi connectivity index (χ4v) is 3.03. The first-order chi connectivity index (χ1) is 8.74. The Morgan fingerprint density at radius 3 is 2.67 bits per heavy atom. The molecular formula is C14H26N2O2. The monoisotopic (exact) mass is 254 g/mol. The highest BCUT2D eigenvalue weighted by Crippen LogP contribution is 2.19. The van der Waals surface area contributed by atoms with Crippen molar-refractivity contribution >= 4 is 5.91 Å². The van der Waals surface area contributed by atoms with Gasteiger partial charge in [-0.2, -0.15) is 0 Å². The molecule has 2 rings (SSSR count). The molecule has 1 amide bonds. The Labute approximate surface area is 110 Å². The number of aliphatic hydroxyl groups excluding tert-OH is 1. The Kier molecular flexibility index (Phi) is 5.45. The molecule has 1 heterocycles. The molecule has 2 fully saturated rings. The summed E-state index contributed by atoms with van der Waals surface area (Å²) in [5.74, 6) is 0.875. The molecule has 0 aromatic heterocycles. The van der Waals surface area contributed by atoms with Crippen LogP contribution in [0.1, 0.15) is 51.4 Å². The van der Waals surface area contributed by atoms with Crippen LogP contribution in [0.15, 0.2) is 0 Å². The highest BCUT2D eigenvalue weighted by molar-refractivity contribution is 5.76. The quantitative estimate of drug-likeness (QED) is 0.706. The molecule has 1 unspecified atom stereocenters. The predicted molar refractivity (Wildman–Crippen MR) is 71.2 cm³/mol. The molecule has 0 radical (unpaired) electrons. The minimum atomic E-state index is -0.147. The molecule has 2 aliphatic rings.